The molecule has 1 atom stereocenters. The standard InChI is InChI=1S/C9H11BrFNO2/c1-14-8-3-5(10)2-6(11)9(8)7(12)4-13/h2-3,7,13H,4,12H2,1H3/t7-/m1/s1. The fourth-order valence-electron chi connectivity index (χ4n) is 1.18. The van der Waals surface area contributed by atoms with E-state index in [1.54, 1.807) is 6.07 Å². The van der Waals surface area contributed by atoms with Crippen LogP contribution in [0.1, 0.15) is 11.6 Å². The zero-order valence-corrected chi connectivity index (χ0v) is 9.21. The van der Waals surface area contributed by atoms with E-state index in [2.05, 4.69) is 15.9 Å². The molecule has 14 heavy (non-hydrogen) atoms. The molecule has 3 N–H and O–H groups in total. The van der Waals surface area contributed by atoms with Crippen molar-refractivity contribution in [3.63, 3.8) is 0 Å². The highest BCUT2D eigenvalue weighted by Crippen LogP contribution is 2.30. The number of aliphatic hydroxyl groups is 1. The van der Waals surface area contributed by atoms with Crippen molar-refractivity contribution in [2.75, 3.05) is 13.7 Å². The van der Waals surface area contributed by atoms with Gasteiger partial charge in [0.1, 0.15) is 11.6 Å². The number of methoxy groups -OCH3 is 1. The minimum Gasteiger partial charge on any atom is -0.496 e. The highest BCUT2D eigenvalue weighted by atomic mass is 79.9. The molecule has 0 aliphatic rings. The Labute approximate surface area is 89.8 Å². The van der Waals surface area contributed by atoms with Gasteiger partial charge in [0.2, 0.25) is 0 Å². The summed E-state index contributed by atoms with van der Waals surface area (Å²) in [5.41, 5.74) is 5.73. The van der Waals surface area contributed by atoms with Crippen LogP contribution in [0.3, 0.4) is 0 Å². The van der Waals surface area contributed by atoms with E-state index >= 15 is 0 Å². The molecule has 0 fully saturated rings. The molecule has 1 aromatic carbocycles. The molecule has 0 unspecified atom stereocenters. The minimum absolute atomic E-state index is 0.193. The van der Waals surface area contributed by atoms with Crippen LogP contribution in [0.5, 0.6) is 5.75 Å². The Morgan fingerprint density at radius 3 is 2.79 bits per heavy atom. The SMILES string of the molecule is COc1cc(Br)cc(F)c1[C@H](N)CO. The van der Waals surface area contributed by atoms with Crippen molar-refractivity contribution < 1.29 is 14.2 Å². The van der Waals surface area contributed by atoms with E-state index in [9.17, 15) is 4.39 Å². The average Bonchev–Trinajstić information content (AvgIpc) is 2.15. The predicted octanol–water partition coefficient (Wildman–Crippen LogP) is 1.59. The third-order valence-electron chi connectivity index (χ3n) is 1.84. The highest BCUT2D eigenvalue weighted by Gasteiger charge is 2.17. The van der Waals surface area contributed by atoms with Crippen LogP contribution in [0.15, 0.2) is 16.6 Å². The van der Waals surface area contributed by atoms with Crippen LogP contribution < -0.4 is 10.5 Å². The van der Waals surface area contributed by atoms with E-state index in [1.165, 1.54) is 13.2 Å². The molecule has 1 aromatic rings. The fourth-order valence-corrected chi connectivity index (χ4v) is 1.59. The van der Waals surface area contributed by atoms with Crippen LogP contribution in [-0.4, -0.2) is 18.8 Å². The van der Waals surface area contributed by atoms with Gasteiger partial charge in [-0.2, -0.15) is 0 Å². The summed E-state index contributed by atoms with van der Waals surface area (Å²) in [7, 11) is 1.43. The van der Waals surface area contributed by atoms with Gasteiger partial charge in [-0.05, 0) is 12.1 Å². The number of aliphatic hydroxyl groups excluding tert-OH is 1. The largest absolute Gasteiger partial charge is 0.496 e. The number of benzene rings is 1. The summed E-state index contributed by atoms with van der Waals surface area (Å²) >= 11 is 3.14. The Kier molecular flexibility index (Phi) is 3.86. The summed E-state index contributed by atoms with van der Waals surface area (Å²) in [5.74, 6) is -0.156. The molecule has 0 radical (unpaired) electrons. The van der Waals surface area contributed by atoms with Gasteiger partial charge in [0.05, 0.1) is 19.8 Å². The first-order valence-corrected chi connectivity index (χ1v) is 4.78. The molecule has 78 valence electrons. The predicted molar refractivity (Wildman–Crippen MR) is 54.7 cm³/mol. The maximum atomic E-state index is 13.4. The number of hydrogen-bond donors (Lipinski definition) is 2. The molecule has 0 bridgehead atoms. The smallest absolute Gasteiger partial charge is 0.132 e. The van der Waals surface area contributed by atoms with E-state index in [4.69, 9.17) is 15.6 Å². The summed E-state index contributed by atoms with van der Waals surface area (Å²) < 4.78 is 19.0. The number of halogens is 2. The number of ether oxygens (including phenoxy) is 1. The topological polar surface area (TPSA) is 55.5 Å². The van der Waals surface area contributed by atoms with Crippen molar-refractivity contribution in [1.29, 1.82) is 0 Å². The van der Waals surface area contributed by atoms with Crippen LogP contribution in [0.2, 0.25) is 0 Å². The van der Waals surface area contributed by atoms with Crippen LogP contribution >= 0.6 is 15.9 Å². The van der Waals surface area contributed by atoms with Crippen molar-refractivity contribution in [2.45, 2.75) is 6.04 Å². The Morgan fingerprint density at radius 1 is 1.64 bits per heavy atom. The Morgan fingerprint density at radius 2 is 2.29 bits per heavy atom. The van der Waals surface area contributed by atoms with Crippen molar-refractivity contribution in [1.82, 2.24) is 0 Å². The summed E-state index contributed by atoms with van der Waals surface area (Å²) in [6, 6.07) is 2.12. The number of rotatable bonds is 3. The van der Waals surface area contributed by atoms with Crippen LogP contribution in [0, 0.1) is 5.82 Å². The quantitative estimate of drug-likeness (QED) is 0.871. The molecule has 0 saturated carbocycles. The summed E-state index contributed by atoms with van der Waals surface area (Å²) in [6.45, 7) is -0.324. The van der Waals surface area contributed by atoms with Crippen molar-refractivity contribution >= 4 is 15.9 Å². The molecular weight excluding hydrogens is 253 g/mol. The van der Waals surface area contributed by atoms with Gasteiger partial charge in [-0.3, -0.25) is 0 Å². The van der Waals surface area contributed by atoms with E-state index < -0.39 is 11.9 Å². The van der Waals surface area contributed by atoms with Crippen LogP contribution in [0.4, 0.5) is 4.39 Å². The van der Waals surface area contributed by atoms with Gasteiger partial charge in [-0.1, -0.05) is 15.9 Å². The van der Waals surface area contributed by atoms with Crippen LogP contribution in [-0.2, 0) is 0 Å². The van der Waals surface area contributed by atoms with Gasteiger partial charge in [0, 0.05) is 10.0 Å². The minimum atomic E-state index is -0.766. The molecule has 0 saturated heterocycles. The maximum Gasteiger partial charge on any atom is 0.132 e. The van der Waals surface area contributed by atoms with Crippen LogP contribution in [0.25, 0.3) is 0 Å². The molecule has 0 aromatic heterocycles. The third-order valence-corrected chi connectivity index (χ3v) is 2.30. The maximum absolute atomic E-state index is 13.4. The zero-order chi connectivity index (χ0) is 10.7. The normalized spacial score (nSPS) is 12.6. The van der Waals surface area contributed by atoms with E-state index in [0.29, 0.717) is 10.2 Å². The lowest BCUT2D eigenvalue weighted by atomic mass is 10.1. The molecule has 0 heterocycles. The van der Waals surface area contributed by atoms with E-state index in [-0.39, 0.29) is 12.2 Å². The molecule has 5 heteroatoms. The first-order chi connectivity index (χ1) is 6.60. The zero-order valence-electron chi connectivity index (χ0n) is 7.63. The molecule has 0 aliphatic carbocycles. The highest BCUT2D eigenvalue weighted by molar-refractivity contribution is 9.10. The Bertz CT molecular complexity index is 333. The fraction of sp³-hybridized carbons (Fsp3) is 0.333. The Hall–Kier alpha value is -0.650. The van der Waals surface area contributed by atoms with Crippen molar-refractivity contribution in [2.24, 2.45) is 5.73 Å². The lowest BCUT2D eigenvalue weighted by molar-refractivity contribution is 0.261. The summed E-state index contributed by atoms with van der Waals surface area (Å²) in [5, 5.41) is 8.84. The summed E-state index contributed by atoms with van der Waals surface area (Å²) in [4.78, 5) is 0. The van der Waals surface area contributed by atoms with Gasteiger partial charge >= 0.3 is 0 Å². The molecular formula is C9H11BrFNO2. The second-order valence-corrected chi connectivity index (χ2v) is 3.71. The van der Waals surface area contributed by atoms with Gasteiger partial charge in [0.15, 0.2) is 0 Å². The molecule has 0 amide bonds. The average molecular weight is 264 g/mol. The Balaban J connectivity index is 3.24. The van der Waals surface area contributed by atoms with E-state index in [1.807, 2.05) is 0 Å². The second-order valence-electron chi connectivity index (χ2n) is 2.79. The second kappa shape index (κ2) is 4.72. The summed E-state index contributed by atoms with van der Waals surface area (Å²) in [6.07, 6.45) is 0. The van der Waals surface area contributed by atoms with Crippen molar-refractivity contribution in [3.8, 4) is 5.75 Å². The molecule has 0 aliphatic heterocycles. The first kappa shape index (κ1) is 11.4. The molecule has 0 spiro atoms. The van der Waals surface area contributed by atoms with E-state index in [0.717, 1.165) is 0 Å². The molecule has 3 nitrogen and oxygen atoms in total. The monoisotopic (exact) mass is 263 g/mol. The number of nitrogens with two attached hydrogens (primary N) is 1. The van der Waals surface area contributed by atoms with Gasteiger partial charge in [-0.15, -0.1) is 0 Å². The molecule has 1 rings (SSSR count). The van der Waals surface area contributed by atoms with Gasteiger partial charge in [-0.25, -0.2) is 4.39 Å². The van der Waals surface area contributed by atoms with Gasteiger partial charge < -0.3 is 15.6 Å². The lowest BCUT2D eigenvalue weighted by Gasteiger charge is -2.14. The van der Waals surface area contributed by atoms with Crippen molar-refractivity contribution in [3.05, 3.63) is 28.0 Å². The lowest BCUT2D eigenvalue weighted by Crippen LogP contribution is -2.17. The first-order valence-electron chi connectivity index (χ1n) is 3.99. The van der Waals surface area contributed by atoms with Gasteiger partial charge in [0.25, 0.3) is 0 Å². The third kappa shape index (κ3) is 2.23. The number of hydrogen-bond acceptors (Lipinski definition) is 3.